The van der Waals surface area contributed by atoms with Crippen molar-refractivity contribution in [1.29, 1.82) is 0 Å². The van der Waals surface area contributed by atoms with Gasteiger partial charge in [0.1, 0.15) is 0 Å². The van der Waals surface area contributed by atoms with E-state index >= 15 is 0 Å². The van der Waals surface area contributed by atoms with E-state index in [4.69, 9.17) is 0 Å². The van der Waals surface area contributed by atoms with Crippen LogP contribution in [0.3, 0.4) is 0 Å². The average Bonchev–Trinajstić information content (AvgIpc) is 0. The predicted molar refractivity (Wildman–Crippen MR) is 23.7 cm³/mol. The molecule has 0 heterocycles. The summed E-state index contributed by atoms with van der Waals surface area (Å²) in [7, 11) is 0. The smallest absolute Gasteiger partial charge is 0 e. The zero-order chi connectivity index (χ0) is 0. The molecule has 5 nitrogen and oxygen atoms in total. The Kier molecular flexibility index (Phi) is 63300. The van der Waals surface area contributed by atoms with E-state index in [1.165, 1.54) is 0 Å². The second-order valence-electron chi connectivity index (χ2n) is 0. The van der Waals surface area contributed by atoms with Crippen molar-refractivity contribution in [3.8, 4) is 0 Å². The van der Waals surface area contributed by atoms with E-state index in [2.05, 4.69) is 0 Å². The molecule has 6 heteroatoms. The zero-order valence-corrected chi connectivity index (χ0v) is 5.92. The minimum absolute atomic E-state index is 0. The summed E-state index contributed by atoms with van der Waals surface area (Å²) in [6.45, 7) is 0. The Morgan fingerprint density at radius 2 is 0.500 bits per heavy atom. The number of hydrogen-bond donors (Lipinski definition) is 4. The largest absolute Gasteiger partial charge is 0.412 e. The molecule has 0 saturated carbocycles. The van der Waals surface area contributed by atoms with Gasteiger partial charge in [-0.15, -0.1) is 0 Å². The zero-order valence-electron chi connectivity index (χ0n) is 3.64. The van der Waals surface area contributed by atoms with E-state index in [1.54, 1.807) is 0 Å². The van der Waals surface area contributed by atoms with E-state index < -0.39 is 0 Å². The first-order chi connectivity index (χ1) is 0. The maximum Gasteiger partial charge on any atom is 0 e. The molecule has 0 atom stereocenters. The van der Waals surface area contributed by atoms with Crippen LogP contribution < -0.4 is 24.6 Å². The van der Waals surface area contributed by atoms with Crippen molar-refractivity contribution in [2.45, 2.75) is 0 Å². The molecular formula is H14N4OPt. The molecule has 0 aromatic heterocycles. The molecule has 14 N–H and O–H groups in total. The number of hydrogen-bond acceptors (Lipinski definition) is 4. The van der Waals surface area contributed by atoms with Gasteiger partial charge >= 0.3 is 0 Å². The first-order valence-electron chi connectivity index (χ1n) is 0. The van der Waals surface area contributed by atoms with Crippen LogP contribution in [-0.2, 0) is 21.1 Å². The summed E-state index contributed by atoms with van der Waals surface area (Å²) >= 11 is 0. The molecule has 0 radical (unpaired) electrons. The average molecular weight is 281 g/mol. The fraction of sp³-hybridized carbons (Fsp3) is 0. The summed E-state index contributed by atoms with van der Waals surface area (Å²) in [5, 5.41) is 0. The summed E-state index contributed by atoms with van der Waals surface area (Å²) in [5.41, 5.74) is 0. The van der Waals surface area contributed by atoms with Crippen LogP contribution in [0.15, 0.2) is 0 Å². The molecule has 0 bridgehead atoms. The maximum atomic E-state index is 0. The molecule has 6 heavy (non-hydrogen) atoms. The minimum Gasteiger partial charge on any atom is -0.412 e. The van der Waals surface area contributed by atoms with Crippen LogP contribution in [0.1, 0.15) is 0 Å². The van der Waals surface area contributed by atoms with Gasteiger partial charge < -0.3 is 30.1 Å². The molecule has 0 amide bonds. The minimum atomic E-state index is 0. The van der Waals surface area contributed by atoms with E-state index in [-0.39, 0.29) is 51.1 Å². The molecule has 0 aliphatic rings. The summed E-state index contributed by atoms with van der Waals surface area (Å²) in [4.78, 5) is 0. The van der Waals surface area contributed by atoms with Crippen LogP contribution in [0, 0.1) is 0 Å². The first kappa shape index (κ1) is 820. The van der Waals surface area contributed by atoms with Crippen LogP contribution in [-0.4, -0.2) is 5.48 Å². The summed E-state index contributed by atoms with van der Waals surface area (Å²) in [6.07, 6.45) is 0. The molecule has 0 aliphatic carbocycles. The van der Waals surface area contributed by atoms with Gasteiger partial charge in [-0.3, -0.25) is 0 Å². The normalized spacial score (nSPS) is 0. The Labute approximate surface area is 51.8 Å². The van der Waals surface area contributed by atoms with Crippen LogP contribution >= 0.6 is 0 Å². The van der Waals surface area contributed by atoms with Gasteiger partial charge in [-0.05, 0) is 0 Å². The third-order valence-corrected chi connectivity index (χ3v) is 0. The Hall–Kier alpha value is 0.488. The van der Waals surface area contributed by atoms with Crippen LogP contribution in [0.2, 0.25) is 0 Å². The van der Waals surface area contributed by atoms with Gasteiger partial charge in [-0.25, -0.2) is 0 Å². The molecule has 0 aromatic carbocycles. The van der Waals surface area contributed by atoms with Crippen molar-refractivity contribution in [2.75, 3.05) is 0 Å². The van der Waals surface area contributed by atoms with Gasteiger partial charge in [0.25, 0.3) is 0 Å². The van der Waals surface area contributed by atoms with Crippen molar-refractivity contribution < 1.29 is 26.5 Å². The van der Waals surface area contributed by atoms with Crippen molar-refractivity contribution in [3.05, 3.63) is 0 Å². The van der Waals surface area contributed by atoms with Crippen molar-refractivity contribution in [2.24, 2.45) is 0 Å². The van der Waals surface area contributed by atoms with Gasteiger partial charge in [0.05, 0.1) is 0 Å². The van der Waals surface area contributed by atoms with E-state index in [0.717, 1.165) is 0 Å². The van der Waals surface area contributed by atoms with Crippen LogP contribution in [0.5, 0.6) is 0 Å². The summed E-state index contributed by atoms with van der Waals surface area (Å²) in [5.74, 6) is 0. The molecule has 0 spiro atoms. The predicted octanol–water partition coefficient (Wildman–Crippen LogP) is -0.179. The van der Waals surface area contributed by atoms with Crippen molar-refractivity contribution >= 4 is 0 Å². The second-order valence-corrected chi connectivity index (χ2v) is 0. The van der Waals surface area contributed by atoms with Crippen molar-refractivity contribution in [1.82, 2.24) is 24.6 Å². The molecule has 0 aliphatic heterocycles. The third-order valence-electron chi connectivity index (χ3n) is 0. The Bertz CT molecular complexity index is 7.51. The third kappa shape index (κ3) is 229. The SMILES string of the molecule is N.N.N.N.O.[Pt]. The fourth-order valence-electron chi connectivity index (χ4n) is 0. The quantitative estimate of drug-likeness (QED) is 0.482. The van der Waals surface area contributed by atoms with Crippen molar-refractivity contribution in [3.63, 3.8) is 0 Å². The second kappa shape index (κ2) is 464. The monoisotopic (exact) mass is 281 g/mol. The molecule has 50 valence electrons. The van der Waals surface area contributed by atoms with E-state index in [1.807, 2.05) is 0 Å². The van der Waals surface area contributed by atoms with E-state index in [9.17, 15) is 0 Å². The van der Waals surface area contributed by atoms with Gasteiger partial charge in [0.2, 0.25) is 0 Å². The Morgan fingerprint density at radius 1 is 0.500 bits per heavy atom. The first-order valence-corrected chi connectivity index (χ1v) is 0. The topological polar surface area (TPSA) is 172 Å². The Balaban J connectivity index is 0. The molecule has 0 unspecified atom stereocenters. The maximum absolute atomic E-state index is 0. The molecule has 0 fully saturated rings. The van der Waals surface area contributed by atoms with Crippen LogP contribution in [0.25, 0.3) is 0 Å². The molecule has 0 saturated heterocycles. The van der Waals surface area contributed by atoms with Crippen LogP contribution in [0.4, 0.5) is 0 Å². The summed E-state index contributed by atoms with van der Waals surface area (Å²) in [6, 6.07) is 0. The molecular weight excluding hydrogens is 267 g/mol. The van der Waals surface area contributed by atoms with Gasteiger partial charge in [-0.1, -0.05) is 0 Å². The molecule has 0 rings (SSSR count). The fourth-order valence-corrected chi connectivity index (χ4v) is 0. The van der Waals surface area contributed by atoms with E-state index in [0.29, 0.717) is 0 Å². The molecule has 0 aromatic rings. The Morgan fingerprint density at radius 3 is 0.500 bits per heavy atom. The van der Waals surface area contributed by atoms with Gasteiger partial charge in [-0.2, -0.15) is 0 Å². The summed E-state index contributed by atoms with van der Waals surface area (Å²) < 4.78 is 0. The standard InChI is InChI=1S/4H3N.H2O.Pt/h4*1H3;1H2;. The van der Waals surface area contributed by atoms with Gasteiger partial charge in [0.15, 0.2) is 0 Å². The van der Waals surface area contributed by atoms with Gasteiger partial charge in [0, 0.05) is 21.1 Å². The number of rotatable bonds is 0.